The van der Waals surface area contributed by atoms with Crippen molar-refractivity contribution in [3.8, 4) is 23.0 Å². The summed E-state index contributed by atoms with van der Waals surface area (Å²) in [5.74, 6) is 0.107. The zero-order valence-corrected chi connectivity index (χ0v) is 13.6. The summed E-state index contributed by atoms with van der Waals surface area (Å²) in [4.78, 5) is 12.3. The Balaban J connectivity index is 3.37. The molecule has 0 spiro atoms. The molecule has 124 valence electrons. The second kappa shape index (κ2) is 9.15. The van der Waals surface area contributed by atoms with Gasteiger partial charge in [-0.1, -0.05) is 0 Å². The van der Waals surface area contributed by atoms with Gasteiger partial charge in [0.1, 0.15) is 17.9 Å². The Morgan fingerprint density at radius 3 is 2.09 bits per heavy atom. The molecule has 0 aliphatic carbocycles. The second-order valence-electron chi connectivity index (χ2n) is 4.28. The summed E-state index contributed by atoms with van der Waals surface area (Å²) in [6.07, 6.45) is 0. The summed E-state index contributed by atoms with van der Waals surface area (Å²) in [7, 11) is 0. The topological polar surface area (TPSA) is 74.2 Å². The monoisotopic (exact) mass is 312 g/mol. The van der Waals surface area contributed by atoms with Crippen LogP contribution in [-0.2, 0) is 4.74 Å². The Hall–Kier alpha value is -1.95. The number of benzene rings is 1. The van der Waals surface area contributed by atoms with E-state index in [9.17, 15) is 9.90 Å². The zero-order valence-electron chi connectivity index (χ0n) is 13.6. The molecule has 0 unspecified atom stereocenters. The second-order valence-corrected chi connectivity index (χ2v) is 4.28. The Kier molecular flexibility index (Phi) is 7.52. The van der Waals surface area contributed by atoms with Gasteiger partial charge in [0.05, 0.1) is 19.8 Å². The number of carbonyl (C=O) groups excluding carboxylic acids is 1. The molecule has 0 atom stereocenters. The standard InChI is InChI=1S/C16H24O6/c1-5-19-10-11(17)14-12(20-6-2)9-13(21-7-3)16(15(14)18)22-8-4/h9,18H,5-8,10H2,1-4H3. The number of ether oxygens (including phenoxy) is 4. The average Bonchev–Trinajstić information content (AvgIpc) is 2.49. The van der Waals surface area contributed by atoms with E-state index in [-0.39, 0.29) is 35.2 Å². The van der Waals surface area contributed by atoms with Crippen LogP contribution >= 0.6 is 0 Å². The highest BCUT2D eigenvalue weighted by Crippen LogP contribution is 2.45. The van der Waals surface area contributed by atoms with Crippen molar-refractivity contribution in [3.63, 3.8) is 0 Å². The molecule has 1 aromatic carbocycles. The van der Waals surface area contributed by atoms with Gasteiger partial charge in [0.25, 0.3) is 0 Å². The number of aromatic hydroxyl groups is 1. The summed E-state index contributed by atoms with van der Waals surface area (Å²) in [5.41, 5.74) is 0.0576. The fraction of sp³-hybridized carbons (Fsp3) is 0.562. The van der Waals surface area contributed by atoms with Gasteiger partial charge in [-0.3, -0.25) is 4.79 Å². The minimum Gasteiger partial charge on any atom is -0.504 e. The van der Waals surface area contributed by atoms with E-state index in [4.69, 9.17) is 18.9 Å². The number of ketones is 1. The molecule has 1 rings (SSSR count). The molecule has 1 N–H and O–H groups in total. The molecule has 6 heteroatoms. The van der Waals surface area contributed by atoms with E-state index in [1.807, 2.05) is 6.92 Å². The predicted molar refractivity (Wildman–Crippen MR) is 82.4 cm³/mol. The maximum atomic E-state index is 12.3. The average molecular weight is 312 g/mol. The minimum atomic E-state index is -0.369. The molecule has 0 saturated carbocycles. The molecule has 0 aliphatic heterocycles. The first-order valence-electron chi connectivity index (χ1n) is 7.49. The Labute approximate surface area is 130 Å². The third kappa shape index (κ3) is 4.27. The fourth-order valence-electron chi connectivity index (χ4n) is 1.96. The summed E-state index contributed by atoms with van der Waals surface area (Å²) < 4.78 is 21.5. The van der Waals surface area contributed by atoms with Gasteiger partial charge < -0.3 is 24.1 Å². The summed E-state index contributed by atoms with van der Waals surface area (Å²) in [6, 6.07) is 1.57. The van der Waals surface area contributed by atoms with Gasteiger partial charge in [-0.2, -0.15) is 0 Å². The van der Waals surface area contributed by atoms with Gasteiger partial charge in [0.2, 0.25) is 5.75 Å². The number of hydrogen-bond acceptors (Lipinski definition) is 6. The number of phenolic OH excluding ortho intramolecular Hbond substituents is 1. The highest BCUT2D eigenvalue weighted by molar-refractivity contribution is 6.03. The SMILES string of the molecule is CCOCC(=O)c1c(OCC)cc(OCC)c(OCC)c1O. The van der Waals surface area contributed by atoms with Crippen LogP contribution in [0.15, 0.2) is 6.07 Å². The normalized spacial score (nSPS) is 10.4. The zero-order chi connectivity index (χ0) is 16.5. The van der Waals surface area contributed by atoms with Gasteiger partial charge in [0, 0.05) is 12.7 Å². The third-order valence-corrected chi connectivity index (χ3v) is 2.79. The molecular formula is C16H24O6. The summed E-state index contributed by atoms with van der Waals surface area (Å²) in [6.45, 7) is 8.56. The van der Waals surface area contributed by atoms with Crippen molar-refractivity contribution in [1.82, 2.24) is 0 Å². The van der Waals surface area contributed by atoms with Crippen molar-refractivity contribution in [1.29, 1.82) is 0 Å². The number of Topliss-reactive ketones (excluding diaryl/α,β-unsaturated/α-hetero) is 1. The lowest BCUT2D eigenvalue weighted by Gasteiger charge is -2.18. The van der Waals surface area contributed by atoms with Crippen LogP contribution < -0.4 is 14.2 Å². The summed E-state index contributed by atoms with van der Waals surface area (Å²) in [5, 5.41) is 10.4. The molecule has 0 bridgehead atoms. The first kappa shape index (κ1) is 18.1. The lowest BCUT2D eigenvalue weighted by atomic mass is 10.1. The van der Waals surface area contributed by atoms with Crippen LogP contribution in [0.4, 0.5) is 0 Å². The lowest BCUT2D eigenvalue weighted by Crippen LogP contribution is -2.13. The largest absolute Gasteiger partial charge is 0.504 e. The fourth-order valence-corrected chi connectivity index (χ4v) is 1.96. The van der Waals surface area contributed by atoms with Gasteiger partial charge in [-0.15, -0.1) is 0 Å². The van der Waals surface area contributed by atoms with Crippen molar-refractivity contribution < 1.29 is 28.8 Å². The van der Waals surface area contributed by atoms with E-state index >= 15 is 0 Å². The van der Waals surface area contributed by atoms with Gasteiger partial charge in [-0.05, 0) is 27.7 Å². The molecule has 0 fully saturated rings. The van der Waals surface area contributed by atoms with Crippen molar-refractivity contribution in [2.75, 3.05) is 33.0 Å². The van der Waals surface area contributed by atoms with Gasteiger partial charge in [-0.25, -0.2) is 0 Å². The van der Waals surface area contributed by atoms with E-state index < -0.39 is 0 Å². The predicted octanol–water partition coefficient (Wildman–Crippen LogP) is 2.81. The van der Waals surface area contributed by atoms with E-state index in [1.165, 1.54) is 0 Å². The number of hydrogen-bond donors (Lipinski definition) is 1. The van der Waals surface area contributed by atoms with E-state index in [0.29, 0.717) is 32.2 Å². The van der Waals surface area contributed by atoms with E-state index in [0.717, 1.165) is 0 Å². The molecular weight excluding hydrogens is 288 g/mol. The molecule has 22 heavy (non-hydrogen) atoms. The van der Waals surface area contributed by atoms with Crippen molar-refractivity contribution >= 4 is 5.78 Å². The van der Waals surface area contributed by atoms with Crippen molar-refractivity contribution in [2.45, 2.75) is 27.7 Å². The molecule has 0 aliphatic rings. The highest BCUT2D eigenvalue weighted by Gasteiger charge is 2.25. The summed E-state index contributed by atoms with van der Waals surface area (Å²) >= 11 is 0. The minimum absolute atomic E-state index is 0.0576. The third-order valence-electron chi connectivity index (χ3n) is 2.79. The highest BCUT2D eigenvalue weighted by atomic mass is 16.5. The lowest BCUT2D eigenvalue weighted by molar-refractivity contribution is 0.0775. The Morgan fingerprint density at radius 1 is 0.955 bits per heavy atom. The van der Waals surface area contributed by atoms with Crippen LogP contribution in [0.2, 0.25) is 0 Å². The van der Waals surface area contributed by atoms with Crippen molar-refractivity contribution in [3.05, 3.63) is 11.6 Å². The smallest absolute Gasteiger partial charge is 0.204 e. The van der Waals surface area contributed by atoms with Crippen LogP contribution in [-0.4, -0.2) is 43.9 Å². The molecule has 0 heterocycles. The molecule has 6 nitrogen and oxygen atoms in total. The number of carbonyl (C=O) groups is 1. The Morgan fingerprint density at radius 2 is 1.55 bits per heavy atom. The van der Waals surface area contributed by atoms with Crippen LogP contribution in [0.1, 0.15) is 38.1 Å². The molecule has 0 amide bonds. The number of rotatable bonds is 10. The first-order chi connectivity index (χ1) is 10.6. The maximum Gasteiger partial charge on any atom is 0.204 e. The van der Waals surface area contributed by atoms with E-state index in [2.05, 4.69) is 0 Å². The van der Waals surface area contributed by atoms with Crippen LogP contribution in [0.25, 0.3) is 0 Å². The number of phenols is 1. The van der Waals surface area contributed by atoms with Crippen LogP contribution in [0.3, 0.4) is 0 Å². The Bertz CT molecular complexity index is 498. The molecule has 0 aromatic heterocycles. The molecule has 0 saturated heterocycles. The van der Waals surface area contributed by atoms with Crippen molar-refractivity contribution in [2.24, 2.45) is 0 Å². The first-order valence-corrected chi connectivity index (χ1v) is 7.49. The van der Waals surface area contributed by atoms with E-state index in [1.54, 1.807) is 26.8 Å². The van der Waals surface area contributed by atoms with Crippen LogP contribution in [0, 0.1) is 0 Å². The molecule has 1 aromatic rings. The van der Waals surface area contributed by atoms with Crippen LogP contribution in [0.5, 0.6) is 23.0 Å². The van der Waals surface area contributed by atoms with Gasteiger partial charge in [0.15, 0.2) is 17.3 Å². The quantitative estimate of drug-likeness (QED) is 0.670. The van der Waals surface area contributed by atoms with Gasteiger partial charge >= 0.3 is 0 Å². The maximum absolute atomic E-state index is 12.3. The molecule has 0 radical (unpaired) electrons.